The smallest absolute Gasteiger partial charge is 0.143 e. The van der Waals surface area contributed by atoms with Crippen molar-refractivity contribution in [3.63, 3.8) is 0 Å². The van der Waals surface area contributed by atoms with Crippen LogP contribution in [0.2, 0.25) is 0 Å². The van der Waals surface area contributed by atoms with Crippen LogP contribution in [-0.4, -0.2) is 63.8 Å². The van der Waals surface area contributed by atoms with Crippen molar-refractivity contribution in [3.8, 4) is 5.75 Å². The Morgan fingerprint density at radius 2 is 1.02 bits per heavy atom. The number of rotatable bonds is 28. The van der Waals surface area contributed by atoms with Crippen LogP contribution in [0.25, 0.3) is 0 Å². The summed E-state index contributed by atoms with van der Waals surface area (Å²) in [5.74, 6) is -0.0237. The van der Waals surface area contributed by atoms with Crippen molar-refractivity contribution in [3.05, 3.63) is 131 Å². The normalized spacial score (nSPS) is 12.1. The number of benzene rings is 4. The summed E-state index contributed by atoms with van der Waals surface area (Å²) in [7, 11) is -8.60. The van der Waals surface area contributed by atoms with E-state index in [1.807, 2.05) is 77.7 Å². The van der Waals surface area contributed by atoms with E-state index in [0.29, 0.717) is 45.6 Å². The second kappa shape index (κ2) is 23.5. The molecular formula is C45H59NO8S2-2. The molecule has 11 heteroatoms. The van der Waals surface area contributed by atoms with Gasteiger partial charge in [-0.15, -0.1) is 0 Å². The average molecular weight is 806 g/mol. The molecule has 0 unspecified atom stereocenters. The van der Waals surface area contributed by atoms with Crippen LogP contribution in [0.5, 0.6) is 5.75 Å². The van der Waals surface area contributed by atoms with E-state index in [4.69, 9.17) is 9.47 Å². The molecule has 0 fully saturated rings. The average Bonchev–Trinajstić information content (AvgIpc) is 3.19. The van der Waals surface area contributed by atoms with Gasteiger partial charge in [0, 0.05) is 30.3 Å². The van der Waals surface area contributed by atoms with Crippen LogP contribution in [0, 0.1) is 0 Å². The van der Waals surface area contributed by atoms with E-state index in [0.717, 1.165) is 40.1 Å². The first kappa shape index (κ1) is 45.0. The van der Waals surface area contributed by atoms with Crippen molar-refractivity contribution < 1.29 is 35.4 Å². The Labute approximate surface area is 336 Å². The Balaban J connectivity index is 1.46. The highest BCUT2D eigenvalue weighted by molar-refractivity contribution is 7.85. The minimum atomic E-state index is -4.30. The van der Waals surface area contributed by atoms with Crippen LogP contribution in [-0.2, 0) is 37.0 Å². The second-order valence-electron chi connectivity index (χ2n) is 14.5. The zero-order chi connectivity index (χ0) is 40.1. The van der Waals surface area contributed by atoms with Gasteiger partial charge in [-0.1, -0.05) is 137 Å². The first-order valence-corrected chi connectivity index (χ1v) is 23.3. The van der Waals surface area contributed by atoms with Crippen LogP contribution in [0.3, 0.4) is 0 Å². The lowest BCUT2D eigenvalue weighted by Gasteiger charge is -2.36. The molecule has 0 aromatic heterocycles. The van der Waals surface area contributed by atoms with Gasteiger partial charge >= 0.3 is 0 Å². The van der Waals surface area contributed by atoms with E-state index in [-0.39, 0.29) is 12.8 Å². The number of unbranched alkanes of at least 4 members (excludes halogenated alkanes) is 9. The Bertz CT molecular complexity index is 1810. The first-order valence-electron chi connectivity index (χ1n) is 20.2. The molecule has 4 rings (SSSR count). The molecule has 4 aromatic carbocycles. The molecule has 0 amide bonds. The van der Waals surface area contributed by atoms with Gasteiger partial charge in [0.05, 0.1) is 33.5 Å². The second-order valence-corrected chi connectivity index (χ2v) is 17.5. The van der Waals surface area contributed by atoms with Crippen LogP contribution in [0.1, 0.15) is 106 Å². The molecule has 56 heavy (non-hydrogen) atoms. The van der Waals surface area contributed by atoms with Gasteiger partial charge in [-0.2, -0.15) is 0 Å². The maximum absolute atomic E-state index is 11.1. The third-order valence-corrected chi connectivity index (χ3v) is 11.6. The Kier molecular flexibility index (Phi) is 18.9. The molecular weight excluding hydrogens is 747 g/mol. The van der Waals surface area contributed by atoms with Crippen molar-refractivity contribution in [1.82, 2.24) is 0 Å². The summed E-state index contributed by atoms with van der Waals surface area (Å²) < 4.78 is 79.9. The molecule has 0 aliphatic heterocycles. The fraction of sp³-hybridized carbons (Fsp3) is 0.467. The minimum Gasteiger partial charge on any atom is -0.748 e. The largest absolute Gasteiger partial charge is 0.748 e. The van der Waals surface area contributed by atoms with Gasteiger partial charge in [0.25, 0.3) is 0 Å². The maximum Gasteiger partial charge on any atom is 0.143 e. The zero-order valence-electron chi connectivity index (χ0n) is 32.9. The van der Waals surface area contributed by atoms with Gasteiger partial charge in [-0.05, 0) is 85.0 Å². The van der Waals surface area contributed by atoms with Crippen molar-refractivity contribution in [2.45, 2.75) is 96.0 Å². The number of anilines is 1. The van der Waals surface area contributed by atoms with E-state index in [1.165, 1.54) is 44.9 Å². The Hall–Kier alpha value is -3.74. The van der Waals surface area contributed by atoms with Crippen LogP contribution < -0.4 is 9.64 Å². The van der Waals surface area contributed by atoms with E-state index < -0.39 is 37.3 Å². The molecule has 0 radical (unpaired) electrons. The quantitative estimate of drug-likeness (QED) is 0.0313. The van der Waals surface area contributed by atoms with Gasteiger partial charge in [0.2, 0.25) is 0 Å². The number of hydrogen-bond acceptors (Lipinski definition) is 9. The number of hydrogen-bond donors (Lipinski definition) is 0. The summed E-state index contributed by atoms with van der Waals surface area (Å²) >= 11 is 0. The topological polar surface area (TPSA) is 136 Å². The third-order valence-electron chi connectivity index (χ3n) is 10.0. The van der Waals surface area contributed by atoms with Gasteiger partial charge in [0.1, 0.15) is 11.4 Å². The van der Waals surface area contributed by atoms with Crippen molar-refractivity contribution in [2.75, 3.05) is 42.7 Å². The van der Waals surface area contributed by atoms with E-state index in [9.17, 15) is 25.9 Å². The molecule has 0 N–H and O–H groups in total. The third kappa shape index (κ3) is 15.7. The van der Waals surface area contributed by atoms with Crippen molar-refractivity contribution in [1.29, 1.82) is 0 Å². The van der Waals surface area contributed by atoms with Crippen LogP contribution in [0.15, 0.2) is 109 Å². The predicted molar refractivity (Wildman–Crippen MR) is 223 cm³/mol. The van der Waals surface area contributed by atoms with Gasteiger partial charge in [-0.25, -0.2) is 16.8 Å². The monoisotopic (exact) mass is 805 g/mol. The molecule has 306 valence electrons. The van der Waals surface area contributed by atoms with Gasteiger partial charge < -0.3 is 23.5 Å². The molecule has 4 aromatic rings. The zero-order valence-corrected chi connectivity index (χ0v) is 34.5. The molecule has 0 atom stereocenters. The highest BCUT2D eigenvalue weighted by atomic mass is 32.2. The molecule has 0 aliphatic carbocycles. The summed E-state index contributed by atoms with van der Waals surface area (Å²) in [6.07, 6.45) is 12.1. The highest BCUT2D eigenvalue weighted by Crippen LogP contribution is 2.41. The van der Waals surface area contributed by atoms with Gasteiger partial charge in [0.15, 0.2) is 0 Å². The molecule has 0 aliphatic rings. The predicted octanol–water partition coefficient (Wildman–Crippen LogP) is 9.21. The molecule has 9 nitrogen and oxygen atoms in total. The Morgan fingerprint density at radius 1 is 0.536 bits per heavy atom. The SMILES string of the molecule is CCCCCCCCCCOc1ccc(C(OCCc2ccc(N(CCCCS(=O)(=O)[O-])CCCCS(=O)(=O)[O-])cc2)(c2ccccc2)c2ccccc2)cc1. The standard InChI is InChI=1S/C45H61NO8S2/c1-2-3-4-5-6-7-8-17-35-53-44-30-26-42(27-31-44)45(40-20-11-9-12-21-40,41-22-13-10-14-23-41)54-36-32-39-24-28-43(29-25-39)46(33-15-18-37-55(47,48)49)34-16-19-38-56(50,51)52/h9-14,20-31H,2-8,15-19,32-38H2,1H3,(H,47,48,49)(H,50,51,52)/p-2. The maximum atomic E-state index is 11.1. The lowest BCUT2D eigenvalue weighted by atomic mass is 9.80. The number of ether oxygens (including phenoxy) is 2. The van der Waals surface area contributed by atoms with Gasteiger partial charge in [-0.3, -0.25) is 0 Å². The summed E-state index contributed by atoms with van der Waals surface area (Å²) in [5.41, 5.74) is 4.08. The van der Waals surface area contributed by atoms with E-state index >= 15 is 0 Å². The van der Waals surface area contributed by atoms with Crippen LogP contribution in [0.4, 0.5) is 5.69 Å². The Morgan fingerprint density at radius 3 is 1.52 bits per heavy atom. The molecule has 0 saturated heterocycles. The molecule has 0 saturated carbocycles. The summed E-state index contributed by atoms with van der Waals surface area (Å²) in [4.78, 5) is 2.04. The molecule has 0 bridgehead atoms. The summed E-state index contributed by atoms with van der Waals surface area (Å²) in [6.45, 7) is 4.33. The summed E-state index contributed by atoms with van der Waals surface area (Å²) in [5, 5.41) is 0. The number of nitrogens with zero attached hydrogens (tertiary/aromatic N) is 1. The van der Waals surface area contributed by atoms with E-state index in [2.05, 4.69) is 43.3 Å². The lowest BCUT2D eigenvalue weighted by molar-refractivity contribution is 0.0147. The van der Waals surface area contributed by atoms with Crippen molar-refractivity contribution >= 4 is 25.9 Å². The fourth-order valence-corrected chi connectivity index (χ4v) is 8.15. The lowest BCUT2D eigenvalue weighted by Crippen LogP contribution is -2.33. The highest BCUT2D eigenvalue weighted by Gasteiger charge is 2.37. The molecule has 0 spiro atoms. The van der Waals surface area contributed by atoms with Crippen molar-refractivity contribution in [2.24, 2.45) is 0 Å². The van der Waals surface area contributed by atoms with Crippen LogP contribution >= 0.6 is 0 Å². The first-order chi connectivity index (χ1) is 27.0. The molecule has 0 heterocycles. The minimum absolute atomic E-state index is 0.229. The summed E-state index contributed by atoms with van der Waals surface area (Å²) in [6, 6.07) is 36.8. The van der Waals surface area contributed by atoms with E-state index in [1.54, 1.807) is 0 Å². The fourth-order valence-electron chi connectivity index (χ4n) is 7.04.